The molecule has 1 saturated carbocycles. The lowest BCUT2D eigenvalue weighted by Gasteiger charge is -2.17. The van der Waals surface area contributed by atoms with Crippen LogP contribution in [0.5, 0.6) is 5.75 Å². The Labute approximate surface area is 101 Å². The van der Waals surface area contributed by atoms with Gasteiger partial charge in [-0.3, -0.25) is 0 Å². The fourth-order valence-electron chi connectivity index (χ4n) is 2.46. The van der Waals surface area contributed by atoms with Crippen molar-refractivity contribution in [1.29, 1.82) is 0 Å². The van der Waals surface area contributed by atoms with Crippen molar-refractivity contribution >= 4 is 10.8 Å². The standard InChI is InChI=1S/C15H16O2/c16-14-6-3-7-15(14)17-13-9-8-11-4-1-2-5-12(11)10-13/h1-2,4-5,8-10,14-16H,3,6-7H2/t14-,15-/m1/s1. The first-order valence-corrected chi connectivity index (χ1v) is 6.16. The van der Waals surface area contributed by atoms with Crippen LogP contribution in [0.3, 0.4) is 0 Å². The van der Waals surface area contributed by atoms with Gasteiger partial charge in [-0.1, -0.05) is 30.3 Å². The molecular formula is C15H16O2. The molecule has 2 aromatic rings. The van der Waals surface area contributed by atoms with Crippen LogP contribution in [-0.2, 0) is 0 Å². The van der Waals surface area contributed by atoms with Crippen molar-refractivity contribution in [2.24, 2.45) is 0 Å². The van der Waals surface area contributed by atoms with E-state index in [4.69, 9.17) is 4.74 Å². The average Bonchev–Trinajstić information content (AvgIpc) is 2.75. The van der Waals surface area contributed by atoms with Gasteiger partial charge in [0.25, 0.3) is 0 Å². The van der Waals surface area contributed by atoms with Crippen LogP contribution in [0.2, 0.25) is 0 Å². The summed E-state index contributed by atoms with van der Waals surface area (Å²) in [5.74, 6) is 0.856. The predicted octanol–water partition coefficient (Wildman–Crippen LogP) is 3.13. The van der Waals surface area contributed by atoms with Crippen LogP contribution < -0.4 is 4.74 Å². The molecule has 0 amide bonds. The van der Waals surface area contributed by atoms with Crippen molar-refractivity contribution in [3.8, 4) is 5.75 Å². The van der Waals surface area contributed by atoms with Crippen molar-refractivity contribution in [3.05, 3.63) is 42.5 Å². The zero-order chi connectivity index (χ0) is 11.7. The molecular weight excluding hydrogens is 212 g/mol. The van der Waals surface area contributed by atoms with Gasteiger partial charge in [-0.05, 0) is 42.2 Å². The Balaban J connectivity index is 1.85. The Morgan fingerprint density at radius 3 is 2.59 bits per heavy atom. The molecule has 0 aliphatic heterocycles. The molecule has 2 nitrogen and oxygen atoms in total. The van der Waals surface area contributed by atoms with Crippen LogP contribution in [0.15, 0.2) is 42.5 Å². The predicted molar refractivity (Wildman–Crippen MR) is 68.2 cm³/mol. The Bertz CT molecular complexity index is 521. The molecule has 0 aromatic heterocycles. The van der Waals surface area contributed by atoms with E-state index in [1.54, 1.807) is 0 Å². The highest BCUT2D eigenvalue weighted by atomic mass is 16.5. The Hall–Kier alpha value is -1.54. The fourth-order valence-corrected chi connectivity index (χ4v) is 2.46. The maximum atomic E-state index is 9.74. The normalized spacial score (nSPS) is 24.1. The Morgan fingerprint density at radius 2 is 1.82 bits per heavy atom. The van der Waals surface area contributed by atoms with E-state index in [1.807, 2.05) is 24.3 Å². The van der Waals surface area contributed by atoms with Crippen molar-refractivity contribution < 1.29 is 9.84 Å². The first kappa shape index (κ1) is 10.6. The zero-order valence-electron chi connectivity index (χ0n) is 9.67. The largest absolute Gasteiger partial charge is 0.488 e. The lowest BCUT2D eigenvalue weighted by atomic mass is 10.1. The third-order valence-electron chi connectivity index (χ3n) is 3.43. The maximum absolute atomic E-state index is 9.74. The molecule has 0 heterocycles. The molecule has 1 aliphatic rings. The molecule has 2 aromatic carbocycles. The van der Waals surface area contributed by atoms with Crippen LogP contribution in [-0.4, -0.2) is 17.3 Å². The monoisotopic (exact) mass is 228 g/mol. The number of hydrogen-bond acceptors (Lipinski definition) is 2. The fraction of sp³-hybridized carbons (Fsp3) is 0.333. The van der Waals surface area contributed by atoms with Gasteiger partial charge < -0.3 is 9.84 Å². The first-order valence-electron chi connectivity index (χ1n) is 6.16. The zero-order valence-corrected chi connectivity index (χ0v) is 9.67. The molecule has 0 unspecified atom stereocenters. The minimum absolute atomic E-state index is 0.0313. The van der Waals surface area contributed by atoms with Crippen LogP contribution in [0.25, 0.3) is 10.8 Å². The van der Waals surface area contributed by atoms with Gasteiger partial charge in [0.05, 0.1) is 6.10 Å². The van der Waals surface area contributed by atoms with Gasteiger partial charge in [0, 0.05) is 0 Å². The van der Waals surface area contributed by atoms with Crippen LogP contribution in [0, 0.1) is 0 Å². The summed E-state index contributed by atoms with van der Waals surface area (Å²) in [4.78, 5) is 0. The molecule has 0 spiro atoms. The molecule has 0 saturated heterocycles. The summed E-state index contributed by atoms with van der Waals surface area (Å²) < 4.78 is 5.85. The highest BCUT2D eigenvalue weighted by Gasteiger charge is 2.26. The third-order valence-corrected chi connectivity index (χ3v) is 3.43. The number of aliphatic hydroxyl groups is 1. The van der Waals surface area contributed by atoms with Crippen molar-refractivity contribution in [3.63, 3.8) is 0 Å². The van der Waals surface area contributed by atoms with Crippen molar-refractivity contribution in [2.75, 3.05) is 0 Å². The van der Waals surface area contributed by atoms with Crippen LogP contribution >= 0.6 is 0 Å². The Kier molecular flexibility index (Phi) is 2.73. The first-order chi connectivity index (χ1) is 8.33. The molecule has 1 fully saturated rings. The van der Waals surface area contributed by atoms with E-state index in [-0.39, 0.29) is 12.2 Å². The summed E-state index contributed by atoms with van der Waals surface area (Å²) in [6, 6.07) is 14.3. The van der Waals surface area contributed by atoms with E-state index in [2.05, 4.69) is 18.2 Å². The van der Waals surface area contributed by atoms with Crippen LogP contribution in [0.1, 0.15) is 19.3 Å². The summed E-state index contributed by atoms with van der Waals surface area (Å²) in [5.41, 5.74) is 0. The number of ether oxygens (including phenoxy) is 1. The van der Waals surface area contributed by atoms with Gasteiger partial charge in [-0.25, -0.2) is 0 Å². The molecule has 2 heteroatoms. The number of benzene rings is 2. The minimum atomic E-state index is -0.304. The summed E-state index contributed by atoms with van der Waals surface area (Å²) in [5, 5.41) is 12.1. The van der Waals surface area contributed by atoms with Gasteiger partial charge >= 0.3 is 0 Å². The molecule has 2 atom stereocenters. The van der Waals surface area contributed by atoms with Gasteiger partial charge in [-0.15, -0.1) is 0 Å². The molecule has 3 rings (SSSR count). The van der Waals surface area contributed by atoms with Gasteiger partial charge in [0.1, 0.15) is 11.9 Å². The summed E-state index contributed by atoms with van der Waals surface area (Å²) in [6.07, 6.45) is 2.53. The molecule has 0 bridgehead atoms. The second kappa shape index (κ2) is 4.38. The molecule has 1 aliphatic carbocycles. The number of aliphatic hydroxyl groups excluding tert-OH is 1. The Morgan fingerprint density at radius 1 is 1.00 bits per heavy atom. The second-order valence-corrected chi connectivity index (χ2v) is 4.66. The third kappa shape index (κ3) is 2.13. The van der Waals surface area contributed by atoms with Crippen molar-refractivity contribution in [2.45, 2.75) is 31.5 Å². The smallest absolute Gasteiger partial charge is 0.124 e. The van der Waals surface area contributed by atoms with E-state index in [0.717, 1.165) is 25.0 Å². The van der Waals surface area contributed by atoms with Gasteiger partial charge in [0.2, 0.25) is 0 Å². The lowest BCUT2D eigenvalue weighted by Crippen LogP contribution is -2.25. The van der Waals surface area contributed by atoms with E-state index in [0.29, 0.717) is 0 Å². The van der Waals surface area contributed by atoms with Crippen molar-refractivity contribution in [1.82, 2.24) is 0 Å². The second-order valence-electron chi connectivity index (χ2n) is 4.66. The number of rotatable bonds is 2. The van der Waals surface area contributed by atoms with Gasteiger partial charge in [0.15, 0.2) is 0 Å². The quantitative estimate of drug-likeness (QED) is 0.855. The number of hydrogen-bond donors (Lipinski definition) is 1. The molecule has 88 valence electrons. The lowest BCUT2D eigenvalue weighted by molar-refractivity contribution is 0.0605. The van der Waals surface area contributed by atoms with Crippen LogP contribution in [0.4, 0.5) is 0 Å². The topological polar surface area (TPSA) is 29.5 Å². The summed E-state index contributed by atoms with van der Waals surface area (Å²) in [6.45, 7) is 0. The van der Waals surface area contributed by atoms with Gasteiger partial charge in [-0.2, -0.15) is 0 Å². The minimum Gasteiger partial charge on any atom is -0.488 e. The number of fused-ring (bicyclic) bond motifs is 1. The summed E-state index contributed by atoms with van der Waals surface area (Å²) in [7, 11) is 0. The maximum Gasteiger partial charge on any atom is 0.124 e. The molecule has 17 heavy (non-hydrogen) atoms. The van der Waals surface area contributed by atoms with E-state index >= 15 is 0 Å². The van der Waals surface area contributed by atoms with E-state index in [9.17, 15) is 5.11 Å². The highest BCUT2D eigenvalue weighted by Crippen LogP contribution is 2.27. The summed E-state index contributed by atoms with van der Waals surface area (Å²) >= 11 is 0. The SMILES string of the molecule is O[C@@H]1CCC[C@H]1Oc1ccc2ccccc2c1. The van der Waals surface area contributed by atoms with E-state index in [1.165, 1.54) is 10.8 Å². The highest BCUT2D eigenvalue weighted by molar-refractivity contribution is 5.83. The molecule has 1 N–H and O–H groups in total. The van der Waals surface area contributed by atoms with E-state index < -0.39 is 0 Å². The molecule has 0 radical (unpaired) electrons. The average molecular weight is 228 g/mol.